The van der Waals surface area contributed by atoms with Crippen LogP contribution in [-0.4, -0.2) is 12.1 Å². The topological polar surface area (TPSA) is 48.1 Å². The number of pyridine rings is 1. The van der Waals surface area contributed by atoms with Gasteiger partial charge in [-0.1, -0.05) is 0 Å². The molecular formula is C12H14N2OS. The molecule has 1 unspecified atom stereocenters. The Morgan fingerprint density at radius 3 is 3.06 bits per heavy atom. The number of methoxy groups -OCH3 is 1. The van der Waals surface area contributed by atoms with Gasteiger partial charge < -0.3 is 10.5 Å². The van der Waals surface area contributed by atoms with Crippen molar-refractivity contribution in [3.63, 3.8) is 0 Å². The number of nitrogens with two attached hydrogens (primary N) is 1. The van der Waals surface area contributed by atoms with Crippen molar-refractivity contribution in [3.05, 3.63) is 46.4 Å². The molecule has 2 heterocycles. The normalized spacial score (nSPS) is 12.4. The third-order valence-electron chi connectivity index (χ3n) is 2.41. The molecule has 0 radical (unpaired) electrons. The van der Waals surface area contributed by atoms with Crippen molar-refractivity contribution in [1.82, 2.24) is 4.98 Å². The molecule has 0 aromatic carbocycles. The summed E-state index contributed by atoms with van der Waals surface area (Å²) in [6, 6.07) is 5.70. The smallest absolute Gasteiger partial charge is 0.141 e. The van der Waals surface area contributed by atoms with E-state index < -0.39 is 0 Å². The predicted octanol–water partition coefficient (Wildman–Crippen LogP) is 2.39. The van der Waals surface area contributed by atoms with Gasteiger partial charge in [-0.15, -0.1) is 0 Å². The minimum Gasteiger partial charge on any atom is -0.495 e. The third-order valence-corrected chi connectivity index (χ3v) is 3.14. The number of ether oxygens (including phenoxy) is 1. The largest absolute Gasteiger partial charge is 0.495 e. The van der Waals surface area contributed by atoms with E-state index in [1.54, 1.807) is 24.6 Å². The summed E-state index contributed by atoms with van der Waals surface area (Å²) in [5.41, 5.74) is 8.18. The average molecular weight is 234 g/mol. The molecule has 0 saturated carbocycles. The molecule has 0 fully saturated rings. The molecule has 4 heteroatoms. The zero-order valence-electron chi connectivity index (χ0n) is 9.09. The molecule has 0 aliphatic rings. The van der Waals surface area contributed by atoms with Gasteiger partial charge in [0.1, 0.15) is 5.75 Å². The zero-order valence-corrected chi connectivity index (χ0v) is 9.91. The van der Waals surface area contributed by atoms with Gasteiger partial charge >= 0.3 is 0 Å². The fourth-order valence-corrected chi connectivity index (χ4v) is 2.29. The van der Waals surface area contributed by atoms with Crippen LogP contribution >= 0.6 is 11.3 Å². The molecule has 2 aromatic rings. The lowest BCUT2D eigenvalue weighted by Gasteiger charge is -2.13. The molecule has 84 valence electrons. The van der Waals surface area contributed by atoms with Crippen molar-refractivity contribution < 1.29 is 4.74 Å². The first-order valence-electron chi connectivity index (χ1n) is 5.07. The van der Waals surface area contributed by atoms with E-state index in [1.807, 2.05) is 12.1 Å². The highest BCUT2D eigenvalue weighted by Gasteiger charge is 2.13. The third kappa shape index (κ3) is 2.40. The van der Waals surface area contributed by atoms with Gasteiger partial charge in [0, 0.05) is 6.20 Å². The Labute approximate surface area is 98.9 Å². The predicted molar refractivity (Wildman–Crippen MR) is 65.7 cm³/mol. The van der Waals surface area contributed by atoms with Crippen LogP contribution in [0.4, 0.5) is 0 Å². The van der Waals surface area contributed by atoms with Crippen molar-refractivity contribution in [2.75, 3.05) is 7.11 Å². The lowest BCUT2D eigenvalue weighted by Crippen LogP contribution is -2.15. The maximum Gasteiger partial charge on any atom is 0.141 e. The van der Waals surface area contributed by atoms with Crippen LogP contribution in [0, 0.1) is 0 Å². The summed E-state index contributed by atoms with van der Waals surface area (Å²) in [5, 5.41) is 4.16. The van der Waals surface area contributed by atoms with Crippen LogP contribution in [0.25, 0.3) is 0 Å². The quantitative estimate of drug-likeness (QED) is 0.883. The van der Waals surface area contributed by atoms with Crippen molar-refractivity contribution in [1.29, 1.82) is 0 Å². The molecule has 0 amide bonds. The minimum absolute atomic E-state index is 0.120. The van der Waals surface area contributed by atoms with Gasteiger partial charge in [-0.25, -0.2) is 0 Å². The van der Waals surface area contributed by atoms with Gasteiger partial charge in [0.05, 0.1) is 18.8 Å². The lowest BCUT2D eigenvalue weighted by molar-refractivity contribution is 0.402. The number of hydrogen-bond donors (Lipinski definition) is 1. The summed E-state index contributed by atoms with van der Waals surface area (Å²) in [4.78, 5) is 4.28. The van der Waals surface area contributed by atoms with Crippen LogP contribution in [0.2, 0.25) is 0 Å². The summed E-state index contributed by atoms with van der Waals surface area (Å²) >= 11 is 1.68. The Bertz CT molecular complexity index is 442. The SMILES string of the molecule is COc1cccnc1C(N)Cc1ccsc1. The molecule has 0 bridgehead atoms. The van der Waals surface area contributed by atoms with Gasteiger partial charge in [0.15, 0.2) is 0 Å². The van der Waals surface area contributed by atoms with Gasteiger partial charge in [-0.2, -0.15) is 11.3 Å². The van der Waals surface area contributed by atoms with E-state index in [0.717, 1.165) is 17.9 Å². The van der Waals surface area contributed by atoms with E-state index in [4.69, 9.17) is 10.5 Å². The zero-order chi connectivity index (χ0) is 11.4. The van der Waals surface area contributed by atoms with Crippen LogP contribution < -0.4 is 10.5 Å². The molecule has 2 N–H and O–H groups in total. The Morgan fingerprint density at radius 2 is 2.38 bits per heavy atom. The Balaban J connectivity index is 2.17. The van der Waals surface area contributed by atoms with Crippen LogP contribution in [0.3, 0.4) is 0 Å². The van der Waals surface area contributed by atoms with Crippen molar-refractivity contribution in [2.45, 2.75) is 12.5 Å². The van der Waals surface area contributed by atoms with Crippen molar-refractivity contribution in [2.24, 2.45) is 5.73 Å². The number of hydrogen-bond acceptors (Lipinski definition) is 4. The molecular weight excluding hydrogens is 220 g/mol. The first-order valence-corrected chi connectivity index (χ1v) is 6.01. The highest BCUT2D eigenvalue weighted by Crippen LogP contribution is 2.23. The van der Waals surface area contributed by atoms with Crippen molar-refractivity contribution >= 4 is 11.3 Å². The standard InChI is InChI=1S/C12H14N2OS/c1-15-11-3-2-5-14-12(11)10(13)7-9-4-6-16-8-9/h2-6,8,10H,7,13H2,1H3. The number of aromatic nitrogens is 1. The van der Waals surface area contributed by atoms with E-state index in [9.17, 15) is 0 Å². The summed E-state index contributed by atoms with van der Waals surface area (Å²) in [6.07, 6.45) is 2.53. The molecule has 16 heavy (non-hydrogen) atoms. The molecule has 0 spiro atoms. The first-order chi connectivity index (χ1) is 7.81. The Kier molecular flexibility index (Phi) is 3.54. The maximum absolute atomic E-state index is 6.12. The first kappa shape index (κ1) is 11.1. The van der Waals surface area contributed by atoms with Crippen LogP contribution in [0.5, 0.6) is 5.75 Å². The van der Waals surface area contributed by atoms with E-state index in [1.165, 1.54) is 5.56 Å². The fourth-order valence-electron chi connectivity index (χ4n) is 1.61. The number of thiophene rings is 1. The van der Waals surface area contributed by atoms with E-state index >= 15 is 0 Å². The second kappa shape index (κ2) is 5.09. The van der Waals surface area contributed by atoms with E-state index in [0.29, 0.717) is 0 Å². The minimum atomic E-state index is -0.120. The highest BCUT2D eigenvalue weighted by molar-refractivity contribution is 7.07. The Morgan fingerprint density at radius 1 is 1.50 bits per heavy atom. The van der Waals surface area contributed by atoms with Gasteiger partial charge in [-0.3, -0.25) is 4.98 Å². The van der Waals surface area contributed by atoms with Gasteiger partial charge in [-0.05, 0) is 40.9 Å². The van der Waals surface area contributed by atoms with Crippen molar-refractivity contribution in [3.8, 4) is 5.75 Å². The summed E-state index contributed by atoms with van der Waals surface area (Å²) in [5.74, 6) is 0.755. The monoisotopic (exact) mass is 234 g/mol. The van der Waals surface area contributed by atoms with E-state index in [-0.39, 0.29) is 6.04 Å². The van der Waals surface area contributed by atoms with Crippen LogP contribution in [0.15, 0.2) is 35.2 Å². The average Bonchev–Trinajstić information content (AvgIpc) is 2.81. The molecule has 2 rings (SSSR count). The molecule has 2 aromatic heterocycles. The molecule has 1 atom stereocenters. The molecule has 0 saturated heterocycles. The number of rotatable bonds is 4. The second-order valence-corrected chi connectivity index (χ2v) is 4.31. The number of nitrogens with zero attached hydrogens (tertiary/aromatic N) is 1. The molecule has 0 aliphatic heterocycles. The Hall–Kier alpha value is -1.39. The summed E-state index contributed by atoms with van der Waals surface area (Å²) in [7, 11) is 1.64. The second-order valence-electron chi connectivity index (χ2n) is 3.53. The van der Waals surface area contributed by atoms with Gasteiger partial charge in [0.25, 0.3) is 0 Å². The van der Waals surface area contributed by atoms with Crippen LogP contribution in [0.1, 0.15) is 17.3 Å². The summed E-state index contributed by atoms with van der Waals surface area (Å²) < 4.78 is 5.25. The molecule has 3 nitrogen and oxygen atoms in total. The lowest BCUT2D eigenvalue weighted by atomic mass is 10.1. The maximum atomic E-state index is 6.12. The molecule has 0 aliphatic carbocycles. The van der Waals surface area contributed by atoms with Gasteiger partial charge in [0.2, 0.25) is 0 Å². The highest BCUT2D eigenvalue weighted by atomic mass is 32.1. The van der Waals surface area contributed by atoms with Crippen LogP contribution in [-0.2, 0) is 6.42 Å². The fraction of sp³-hybridized carbons (Fsp3) is 0.250. The van der Waals surface area contributed by atoms with E-state index in [2.05, 4.69) is 21.8 Å². The summed E-state index contributed by atoms with van der Waals surface area (Å²) in [6.45, 7) is 0.